The van der Waals surface area contributed by atoms with Crippen molar-refractivity contribution in [2.45, 2.75) is 29.9 Å². The molecule has 0 spiro atoms. The van der Waals surface area contributed by atoms with Crippen LogP contribution in [0.15, 0.2) is 57.3 Å². The van der Waals surface area contributed by atoms with Gasteiger partial charge < -0.3 is 10.1 Å². The quantitative estimate of drug-likeness (QED) is 0.376. The number of rotatable bonds is 8. The van der Waals surface area contributed by atoms with E-state index in [-0.39, 0.29) is 28.2 Å². The van der Waals surface area contributed by atoms with Crippen molar-refractivity contribution in [2.75, 3.05) is 24.8 Å². The van der Waals surface area contributed by atoms with Gasteiger partial charge in [-0.1, -0.05) is 30.0 Å². The predicted molar refractivity (Wildman–Crippen MR) is 124 cm³/mol. The SMILES string of the molecule is COCC(C)n1c(SCC(=O)Nc2ccc(C)c(S(N)(=O)=O)c2)nc2ccccc2c1=O. The van der Waals surface area contributed by atoms with E-state index in [1.165, 1.54) is 10.6 Å². The number of hydrogen-bond acceptors (Lipinski definition) is 7. The lowest BCUT2D eigenvalue weighted by molar-refractivity contribution is -0.113. The number of aromatic nitrogens is 2. The molecule has 0 saturated heterocycles. The number of para-hydroxylation sites is 1. The third kappa shape index (κ3) is 5.36. The number of benzene rings is 2. The smallest absolute Gasteiger partial charge is 0.262 e. The molecular weight excluding hydrogens is 452 g/mol. The number of thioether (sulfide) groups is 1. The lowest BCUT2D eigenvalue weighted by atomic mass is 10.2. The third-order valence-electron chi connectivity index (χ3n) is 4.73. The van der Waals surface area contributed by atoms with E-state index in [2.05, 4.69) is 10.3 Å². The molecule has 0 saturated carbocycles. The molecule has 3 rings (SSSR count). The summed E-state index contributed by atoms with van der Waals surface area (Å²) in [4.78, 5) is 30.1. The normalized spacial score (nSPS) is 12.6. The molecule has 1 amide bonds. The van der Waals surface area contributed by atoms with Gasteiger partial charge >= 0.3 is 0 Å². The Bertz CT molecular complexity index is 1320. The summed E-state index contributed by atoms with van der Waals surface area (Å²) in [5, 5.41) is 8.76. The summed E-state index contributed by atoms with van der Waals surface area (Å²) in [7, 11) is -2.36. The van der Waals surface area contributed by atoms with Crippen molar-refractivity contribution in [1.82, 2.24) is 9.55 Å². The molecule has 1 aromatic heterocycles. The maximum atomic E-state index is 13.0. The highest BCUT2D eigenvalue weighted by Gasteiger charge is 2.18. The van der Waals surface area contributed by atoms with Gasteiger partial charge in [0, 0.05) is 12.8 Å². The second-order valence-corrected chi connectivity index (χ2v) is 9.73. The lowest BCUT2D eigenvalue weighted by Gasteiger charge is -2.18. The molecule has 3 N–H and O–H groups in total. The highest BCUT2D eigenvalue weighted by atomic mass is 32.2. The van der Waals surface area contributed by atoms with Crippen molar-refractivity contribution in [2.24, 2.45) is 5.14 Å². The number of fused-ring (bicyclic) bond motifs is 1. The minimum absolute atomic E-state index is 0.0386. The van der Waals surface area contributed by atoms with Gasteiger partial charge in [-0.3, -0.25) is 14.2 Å². The van der Waals surface area contributed by atoms with Crippen LogP contribution in [0.4, 0.5) is 5.69 Å². The number of ether oxygens (including phenoxy) is 1. The molecule has 2 aromatic carbocycles. The molecule has 1 atom stereocenters. The van der Waals surface area contributed by atoms with Crippen LogP contribution >= 0.6 is 11.8 Å². The number of aryl methyl sites for hydroxylation is 1. The topological polar surface area (TPSA) is 133 Å². The molecule has 170 valence electrons. The first-order valence-electron chi connectivity index (χ1n) is 9.68. The van der Waals surface area contributed by atoms with Crippen LogP contribution in [-0.4, -0.2) is 43.3 Å². The Morgan fingerprint density at radius 3 is 2.69 bits per heavy atom. The number of nitrogens with one attached hydrogen (secondary N) is 1. The standard InChI is InChI=1S/C21H24N4O5S2/c1-13-8-9-15(10-18(13)32(22,28)29)23-19(26)12-31-21-24-17-7-5-4-6-16(17)20(27)25(21)14(2)11-30-3/h4-10,14H,11-12H2,1-3H3,(H,23,26)(H2,22,28,29). The van der Waals surface area contributed by atoms with Gasteiger partial charge in [0.2, 0.25) is 15.9 Å². The van der Waals surface area contributed by atoms with E-state index in [1.807, 2.05) is 6.92 Å². The molecule has 0 bridgehead atoms. The molecule has 0 radical (unpaired) electrons. The summed E-state index contributed by atoms with van der Waals surface area (Å²) in [6, 6.07) is 11.2. The van der Waals surface area contributed by atoms with Gasteiger partial charge in [-0.2, -0.15) is 0 Å². The monoisotopic (exact) mass is 476 g/mol. The number of hydrogen-bond donors (Lipinski definition) is 2. The number of carbonyl (C=O) groups excluding carboxylic acids is 1. The van der Waals surface area contributed by atoms with Crippen molar-refractivity contribution in [3.8, 4) is 0 Å². The van der Waals surface area contributed by atoms with Crippen molar-refractivity contribution >= 4 is 44.3 Å². The molecule has 3 aromatic rings. The maximum absolute atomic E-state index is 13.0. The van der Waals surface area contributed by atoms with Crippen LogP contribution in [0.25, 0.3) is 10.9 Å². The first kappa shape index (κ1) is 23.9. The lowest BCUT2D eigenvalue weighted by Crippen LogP contribution is -2.29. The van der Waals surface area contributed by atoms with E-state index in [9.17, 15) is 18.0 Å². The molecule has 1 unspecified atom stereocenters. The highest BCUT2D eigenvalue weighted by Crippen LogP contribution is 2.23. The molecule has 9 nitrogen and oxygen atoms in total. The molecular formula is C21H24N4O5S2. The third-order valence-corrected chi connectivity index (χ3v) is 6.74. The van der Waals surface area contributed by atoms with E-state index in [0.29, 0.717) is 33.9 Å². The van der Waals surface area contributed by atoms with Gasteiger partial charge in [0.1, 0.15) is 0 Å². The van der Waals surface area contributed by atoms with Crippen molar-refractivity contribution in [3.63, 3.8) is 0 Å². The van der Waals surface area contributed by atoms with Crippen LogP contribution in [0.1, 0.15) is 18.5 Å². The zero-order chi connectivity index (χ0) is 23.5. The Hall–Kier alpha value is -2.73. The highest BCUT2D eigenvalue weighted by molar-refractivity contribution is 7.99. The molecule has 32 heavy (non-hydrogen) atoms. The Kier molecular flexibility index (Phi) is 7.34. The number of sulfonamides is 1. The first-order chi connectivity index (χ1) is 15.1. The van der Waals surface area contributed by atoms with E-state index in [4.69, 9.17) is 9.88 Å². The molecule has 0 aliphatic rings. The molecule has 1 heterocycles. The molecule has 0 aliphatic heterocycles. The van der Waals surface area contributed by atoms with Crippen molar-refractivity contribution < 1.29 is 17.9 Å². The second-order valence-electron chi connectivity index (χ2n) is 7.25. The van der Waals surface area contributed by atoms with Crippen LogP contribution in [-0.2, 0) is 19.6 Å². The van der Waals surface area contributed by atoms with Crippen LogP contribution in [0.5, 0.6) is 0 Å². The van der Waals surface area contributed by atoms with Gasteiger partial charge in [-0.15, -0.1) is 0 Å². The van der Waals surface area contributed by atoms with Crippen molar-refractivity contribution in [3.05, 3.63) is 58.4 Å². The average molecular weight is 477 g/mol. The average Bonchev–Trinajstić information content (AvgIpc) is 2.73. The van der Waals surface area contributed by atoms with Gasteiger partial charge in [-0.25, -0.2) is 18.5 Å². The Morgan fingerprint density at radius 2 is 2.00 bits per heavy atom. The zero-order valence-electron chi connectivity index (χ0n) is 17.9. The van der Waals surface area contributed by atoms with E-state index < -0.39 is 10.0 Å². The van der Waals surface area contributed by atoms with Gasteiger partial charge in [0.15, 0.2) is 5.16 Å². The number of nitrogens with two attached hydrogens (primary N) is 1. The van der Waals surface area contributed by atoms with Crippen LogP contribution in [0.2, 0.25) is 0 Å². The fourth-order valence-corrected chi connectivity index (χ4v) is 4.95. The molecule has 0 aliphatic carbocycles. The first-order valence-corrected chi connectivity index (χ1v) is 12.2. The van der Waals surface area contributed by atoms with Crippen LogP contribution < -0.4 is 16.0 Å². The largest absolute Gasteiger partial charge is 0.383 e. The van der Waals surface area contributed by atoms with Crippen molar-refractivity contribution in [1.29, 1.82) is 0 Å². The molecule has 11 heteroatoms. The Balaban J connectivity index is 1.85. The fraction of sp³-hybridized carbons (Fsp3) is 0.286. The maximum Gasteiger partial charge on any atom is 0.262 e. The summed E-state index contributed by atoms with van der Waals surface area (Å²) in [5.74, 6) is -0.420. The number of nitrogens with zero attached hydrogens (tertiary/aromatic N) is 2. The zero-order valence-corrected chi connectivity index (χ0v) is 19.5. The van der Waals surface area contributed by atoms with Gasteiger partial charge in [-0.05, 0) is 43.7 Å². The Morgan fingerprint density at radius 1 is 1.28 bits per heavy atom. The minimum Gasteiger partial charge on any atom is -0.383 e. The van der Waals surface area contributed by atoms with E-state index in [0.717, 1.165) is 11.8 Å². The number of amides is 1. The summed E-state index contributed by atoms with van der Waals surface area (Å²) in [6.45, 7) is 3.76. The van der Waals surface area contributed by atoms with E-state index in [1.54, 1.807) is 50.4 Å². The summed E-state index contributed by atoms with van der Waals surface area (Å²) >= 11 is 1.11. The summed E-state index contributed by atoms with van der Waals surface area (Å²) in [5.41, 5.74) is 1.12. The number of carbonyl (C=O) groups is 1. The van der Waals surface area contributed by atoms with Gasteiger partial charge in [0.05, 0.1) is 34.2 Å². The predicted octanol–water partition coefficient (Wildman–Crippen LogP) is 2.29. The van der Waals surface area contributed by atoms with Crippen LogP contribution in [0, 0.1) is 6.92 Å². The molecule has 0 fully saturated rings. The number of anilines is 1. The Labute approximate surface area is 190 Å². The van der Waals surface area contributed by atoms with Gasteiger partial charge in [0.25, 0.3) is 5.56 Å². The summed E-state index contributed by atoms with van der Waals surface area (Å²) < 4.78 is 30.1. The van der Waals surface area contributed by atoms with E-state index >= 15 is 0 Å². The number of methoxy groups -OCH3 is 1. The number of primary sulfonamides is 1. The fourth-order valence-electron chi connectivity index (χ4n) is 3.24. The minimum atomic E-state index is -3.91. The summed E-state index contributed by atoms with van der Waals surface area (Å²) in [6.07, 6.45) is 0. The second kappa shape index (κ2) is 9.82. The van der Waals surface area contributed by atoms with Crippen LogP contribution in [0.3, 0.4) is 0 Å².